The van der Waals surface area contributed by atoms with Gasteiger partial charge in [0.15, 0.2) is 0 Å². The normalized spacial score (nSPS) is 16.4. The zero-order chi connectivity index (χ0) is 20.5. The van der Waals surface area contributed by atoms with Crippen molar-refractivity contribution < 1.29 is 9.59 Å². The maximum absolute atomic E-state index is 12.8. The highest BCUT2D eigenvalue weighted by Gasteiger charge is 2.31. The molecule has 3 heterocycles. The van der Waals surface area contributed by atoms with Crippen molar-refractivity contribution in [1.29, 1.82) is 0 Å². The predicted molar refractivity (Wildman–Crippen MR) is 107 cm³/mol. The quantitative estimate of drug-likeness (QED) is 0.721. The number of aryl methyl sites for hydroxylation is 3. The molecule has 1 aliphatic rings. The molecular formula is C20H23N7O2. The Morgan fingerprint density at radius 2 is 2.03 bits per heavy atom. The van der Waals surface area contributed by atoms with Gasteiger partial charge < -0.3 is 5.32 Å². The number of benzene rings is 1. The number of hydrogen-bond acceptors (Lipinski definition) is 5. The highest BCUT2D eigenvalue weighted by atomic mass is 16.2. The highest BCUT2D eigenvalue weighted by Crippen LogP contribution is 2.20. The van der Waals surface area contributed by atoms with Crippen LogP contribution in [0.15, 0.2) is 36.7 Å². The van der Waals surface area contributed by atoms with Gasteiger partial charge in [-0.1, -0.05) is 24.3 Å². The van der Waals surface area contributed by atoms with Crippen molar-refractivity contribution in [2.75, 3.05) is 11.9 Å². The Kier molecular flexibility index (Phi) is 4.87. The number of nitrogens with zero attached hydrogens (tertiary/aromatic N) is 6. The van der Waals surface area contributed by atoms with Crippen LogP contribution in [0.1, 0.15) is 33.9 Å². The smallest absolute Gasteiger partial charge is 0.291 e. The van der Waals surface area contributed by atoms with Crippen LogP contribution in [0, 0.1) is 13.8 Å². The molecule has 0 saturated carbocycles. The van der Waals surface area contributed by atoms with Crippen LogP contribution >= 0.6 is 0 Å². The van der Waals surface area contributed by atoms with Gasteiger partial charge >= 0.3 is 0 Å². The summed E-state index contributed by atoms with van der Waals surface area (Å²) in [6.07, 6.45) is 1.98. The molecule has 0 unspecified atom stereocenters. The summed E-state index contributed by atoms with van der Waals surface area (Å²) in [5, 5.41) is 11.4. The molecule has 9 nitrogen and oxygen atoms in total. The summed E-state index contributed by atoms with van der Waals surface area (Å²) in [5.74, 6) is 0.129. The maximum atomic E-state index is 12.8. The number of fused-ring (bicyclic) bond motifs is 1. The summed E-state index contributed by atoms with van der Waals surface area (Å²) in [7, 11) is 1.69. The standard InChI is InChI=1S/C20H23N7O2/c1-13-6-4-5-7-15(13)11-26-12-21-18(24-26)19(28)22-16-8-9-27-17(10-14(2)23-27)25(3)20(16)29/h4-7,10,12,16H,8-9,11H2,1-3H3,(H,22,28)/t16-/m0/s1. The van der Waals surface area contributed by atoms with E-state index < -0.39 is 11.9 Å². The van der Waals surface area contributed by atoms with Crippen molar-refractivity contribution in [3.05, 3.63) is 59.3 Å². The third kappa shape index (κ3) is 3.75. The van der Waals surface area contributed by atoms with Crippen molar-refractivity contribution in [3.8, 4) is 0 Å². The summed E-state index contributed by atoms with van der Waals surface area (Å²) >= 11 is 0. The Labute approximate surface area is 168 Å². The van der Waals surface area contributed by atoms with Crippen LogP contribution in [0.2, 0.25) is 0 Å². The van der Waals surface area contributed by atoms with Crippen LogP contribution in [0.5, 0.6) is 0 Å². The molecule has 3 aromatic rings. The second-order valence-electron chi connectivity index (χ2n) is 7.27. The molecule has 1 aliphatic heterocycles. The Morgan fingerprint density at radius 1 is 1.24 bits per heavy atom. The van der Waals surface area contributed by atoms with E-state index in [0.717, 1.165) is 22.6 Å². The molecular weight excluding hydrogens is 370 g/mol. The zero-order valence-corrected chi connectivity index (χ0v) is 16.7. The van der Waals surface area contributed by atoms with E-state index in [1.54, 1.807) is 16.4 Å². The van der Waals surface area contributed by atoms with E-state index in [1.165, 1.54) is 11.2 Å². The van der Waals surface area contributed by atoms with Crippen molar-refractivity contribution in [2.45, 2.75) is 39.4 Å². The molecule has 29 heavy (non-hydrogen) atoms. The number of nitrogens with one attached hydrogen (secondary N) is 1. The molecule has 4 rings (SSSR count). The van der Waals surface area contributed by atoms with E-state index in [1.807, 2.05) is 44.2 Å². The first-order valence-corrected chi connectivity index (χ1v) is 9.49. The molecule has 150 valence electrons. The summed E-state index contributed by atoms with van der Waals surface area (Å²) in [4.78, 5) is 31.1. The SMILES string of the molecule is Cc1cc2n(n1)CC[C@H](NC(=O)c1ncn(Cc3ccccc3C)n1)C(=O)N2C. The molecule has 1 N–H and O–H groups in total. The van der Waals surface area contributed by atoms with Crippen LogP contribution in [-0.4, -0.2) is 49.4 Å². The molecule has 0 spiro atoms. The molecule has 2 aromatic heterocycles. The largest absolute Gasteiger partial charge is 0.337 e. The Morgan fingerprint density at radius 3 is 2.83 bits per heavy atom. The Bertz CT molecular complexity index is 1070. The molecule has 0 aliphatic carbocycles. The van der Waals surface area contributed by atoms with Gasteiger partial charge in [0.1, 0.15) is 18.2 Å². The first kappa shape index (κ1) is 18.9. The fourth-order valence-corrected chi connectivity index (χ4v) is 3.48. The first-order valence-electron chi connectivity index (χ1n) is 9.49. The molecule has 0 fully saturated rings. The number of carbonyl (C=O) groups is 2. The summed E-state index contributed by atoms with van der Waals surface area (Å²) in [5.41, 5.74) is 3.11. The molecule has 1 aromatic carbocycles. The van der Waals surface area contributed by atoms with Gasteiger partial charge in [-0.3, -0.25) is 14.5 Å². The lowest BCUT2D eigenvalue weighted by atomic mass is 10.1. The topological polar surface area (TPSA) is 97.9 Å². The second kappa shape index (κ2) is 7.50. The Balaban J connectivity index is 1.44. The lowest BCUT2D eigenvalue weighted by molar-refractivity contribution is -0.120. The van der Waals surface area contributed by atoms with Gasteiger partial charge in [-0.2, -0.15) is 5.10 Å². The number of rotatable bonds is 4. The van der Waals surface area contributed by atoms with E-state index in [0.29, 0.717) is 19.5 Å². The highest BCUT2D eigenvalue weighted by molar-refractivity contribution is 6.00. The van der Waals surface area contributed by atoms with E-state index >= 15 is 0 Å². The van der Waals surface area contributed by atoms with E-state index in [9.17, 15) is 9.59 Å². The molecule has 0 bridgehead atoms. The average molecular weight is 393 g/mol. The summed E-state index contributed by atoms with van der Waals surface area (Å²) < 4.78 is 3.41. The van der Waals surface area contributed by atoms with Crippen molar-refractivity contribution in [3.63, 3.8) is 0 Å². The van der Waals surface area contributed by atoms with Crippen LogP contribution in [0.4, 0.5) is 5.82 Å². The monoisotopic (exact) mass is 393 g/mol. The summed E-state index contributed by atoms with van der Waals surface area (Å²) in [6.45, 7) is 4.98. The van der Waals surface area contributed by atoms with Gasteiger partial charge in [0.05, 0.1) is 12.2 Å². The molecule has 0 radical (unpaired) electrons. The summed E-state index contributed by atoms with van der Waals surface area (Å²) in [6, 6.07) is 9.19. The fourth-order valence-electron chi connectivity index (χ4n) is 3.48. The van der Waals surface area contributed by atoms with Gasteiger partial charge in [-0.25, -0.2) is 14.3 Å². The van der Waals surface area contributed by atoms with Gasteiger partial charge in [0.2, 0.25) is 5.82 Å². The molecule has 1 atom stereocenters. The number of carbonyl (C=O) groups excluding carboxylic acids is 2. The number of likely N-dealkylation sites (N-methyl/N-ethyl adjacent to an activating group) is 1. The molecule has 9 heteroatoms. The number of hydrogen-bond donors (Lipinski definition) is 1. The molecule has 0 saturated heterocycles. The van der Waals surface area contributed by atoms with Gasteiger partial charge in [0, 0.05) is 19.7 Å². The zero-order valence-electron chi connectivity index (χ0n) is 16.7. The number of amides is 2. The third-order valence-electron chi connectivity index (χ3n) is 5.12. The average Bonchev–Trinajstić information content (AvgIpc) is 3.30. The van der Waals surface area contributed by atoms with Crippen LogP contribution < -0.4 is 10.2 Å². The van der Waals surface area contributed by atoms with E-state index in [-0.39, 0.29) is 11.7 Å². The van der Waals surface area contributed by atoms with Crippen molar-refractivity contribution in [2.24, 2.45) is 0 Å². The minimum atomic E-state index is -0.655. The van der Waals surface area contributed by atoms with E-state index in [2.05, 4.69) is 20.5 Å². The van der Waals surface area contributed by atoms with Gasteiger partial charge in [-0.05, 0) is 31.4 Å². The van der Waals surface area contributed by atoms with Crippen LogP contribution in [0.25, 0.3) is 0 Å². The fraction of sp³-hybridized carbons (Fsp3) is 0.350. The number of anilines is 1. The molecule has 2 amide bonds. The third-order valence-corrected chi connectivity index (χ3v) is 5.12. The maximum Gasteiger partial charge on any atom is 0.291 e. The van der Waals surface area contributed by atoms with Crippen LogP contribution in [-0.2, 0) is 17.9 Å². The second-order valence-corrected chi connectivity index (χ2v) is 7.27. The van der Waals surface area contributed by atoms with Gasteiger partial charge in [-0.15, -0.1) is 5.10 Å². The van der Waals surface area contributed by atoms with Gasteiger partial charge in [0.25, 0.3) is 11.8 Å². The van der Waals surface area contributed by atoms with Crippen LogP contribution in [0.3, 0.4) is 0 Å². The number of aromatic nitrogens is 5. The minimum Gasteiger partial charge on any atom is -0.337 e. The predicted octanol–water partition coefficient (Wildman–Crippen LogP) is 1.30. The lowest BCUT2D eigenvalue weighted by Gasteiger charge is -2.19. The minimum absolute atomic E-state index is 0.0480. The van der Waals surface area contributed by atoms with Crippen molar-refractivity contribution in [1.82, 2.24) is 29.9 Å². The first-order chi connectivity index (χ1) is 13.9. The lowest BCUT2D eigenvalue weighted by Crippen LogP contribution is -2.47. The Hall–Kier alpha value is -3.49. The van der Waals surface area contributed by atoms with Crippen molar-refractivity contribution >= 4 is 17.6 Å². The van der Waals surface area contributed by atoms with E-state index in [4.69, 9.17) is 0 Å².